The van der Waals surface area contributed by atoms with Crippen molar-refractivity contribution in [3.05, 3.63) is 53.1 Å². The van der Waals surface area contributed by atoms with Crippen LogP contribution in [-0.4, -0.2) is 58.1 Å². The number of ether oxygens (including phenoxy) is 3. The van der Waals surface area contributed by atoms with Gasteiger partial charge in [-0.05, 0) is 35.6 Å². The Morgan fingerprint density at radius 2 is 1.62 bits per heavy atom. The summed E-state index contributed by atoms with van der Waals surface area (Å²) in [5.74, 6) is 1.31. The zero-order chi connectivity index (χ0) is 23.5. The molecule has 1 aliphatic heterocycles. The monoisotopic (exact) mass is 461 g/mol. The van der Waals surface area contributed by atoms with E-state index < -0.39 is 15.9 Å². The van der Waals surface area contributed by atoms with Crippen LogP contribution < -0.4 is 14.2 Å². The Hall–Kier alpha value is -2.74. The van der Waals surface area contributed by atoms with E-state index in [0.29, 0.717) is 41.7 Å². The van der Waals surface area contributed by atoms with Crippen molar-refractivity contribution in [2.45, 2.75) is 38.8 Å². The molecule has 0 bridgehead atoms. The Labute approximate surface area is 190 Å². The molecular weight excluding hydrogens is 430 g/mol. The molecule has 2 aromatic carbocycles. The van der Waals surface area contributed by atoms with Crippen LogP contribution in [-0.2, 0) is 16.4 Å². The highest BCUT2D eigenvalue weighted by atomic mass is 32.2. The topological polar surface area (TPSA) is 82.1 Å². The molecule has 0 saturated carbocycles. The maximum Gasteiger partial charge on any atom is 0.254 e. The lowest BCUT2D eigenvalue weighted by atomic mass is 10.0. The minimum Gasteiger partial charge on any atom is -0.493 e. The predicted octanol–water partition coefficient (Wildman–Crippen LogP) is 3.67. The number of hydrogen-bond acceptors (Lipinski definition) is 6. The van der Waals surface area contributed by atoms with Crippen LogP contribution >= 0.6 is 0 Å². The highest BCUT2D eigenvalue weighted by Gasteiger charge is 2.35. The summed E-state index contributed by atoms with van der Waals surface area (Å²) in [4.78, 5) is 15.3. The summed E-state index contributed by atoms with van der Waals surface area (Å²) >= 11 is 0. The number of rotatable bonds is 8. The first-order valence-corrected chi connectivity index (χ1v) is 12.4. The van der Waals surface area contributed by atoms with Gasteiger partial charge >= 0.3 is 0 Å². The van der Waals surface area contributed by atoms with Gasteiger partial charge in [-0.3, -0.25) is 4.79 Å². The van der Waals surface area contributed by atoms with Crippen molar-refractivity contribution < 1.29 is 27.4 Å². The lowest BCUT2D eigenvalue weighted by Crippen LogP contribution is -2.40. The SMILES string of the molecule is COc1cc(C(=O)N(Cc2ccc(C(C)C)cc2)[C@H]2CCS(=O)(=O)C2)cc(OC)c1OC. The molecule has 0 radical (unpaired) electrons. The summed E-state index contributed by atoms with van der Waals surface area (Å²) in [7, 11) is 1.31. The first-order valence-electron chi connectivity index (χ1n) is 10.6. The molecular formula is C24H31NO6S. The Morgan fingerprint density at radius 3 is 2.06 bits per heavy atom. The first-order chi connectivity index (χ1) is 15.2. The van der Waals surface area contributed by atoms with Gasteiger partial charge in [0, 0.05) is 18.2 Å². The van der Waals surface area contributed by atoms with Crippen molar-refractivity contribution in [2.75, 3.05) is 32.8 Å². The highest BCUT2D eigenvalue weighted by Crippen LogP contribution is 2.39. The minimum atomic E-state index is -3.17. The highest BCUT2D eigenvalue weighted by molar-refractivity contribution is 7.91. The Balaban J connectivity index is 1.98. The van der Waals surface area contributed by atoms with Crippen molar-refractivity contribution >= 4 is 15.7 Å². The van der Waals surface area contributed by atoms with Crippen LogP contribution in [0.5, 0.6) is 17.2 Å². The molecule has 0 aromatic heterocycles. The van der Waals surface area contributed by atoms with E-state index in [1.165, 1.54) is 26.9 Å². The number of methoxy groups -OCH3 is 3. The smallest absolute Gasteiger partial charge is 0.254 e. The maximum absolute atomic E-state index is 13.6. The second-order valence-corrected chi connectivity index (χ2v) is 10.5. The van der Waals surface area contributed by atoms with Crippen molar-refractivity contribution in [1.29, 1.82) is 0 Å². The number of amides is 1. The van der Waals surface area contributed by atoms with E-state index >= 15 is 0 Å². The number of nitrogens with zero attached hydrogens (tertiary/aromatic N) is 1. The quantitative estimate of drug-likeness (QED) is 0.597. The fourth-order valence-corrected chi connectivity index (χ4v) is 5.69. The predicted molar refractivity (Wildman–Crippen MR) is 124 cm³/mol. The van der Waals surface area contributed by atoms with Crippen LogP contribution in [0.2, 0.25) is 0 Å². The number of hydrogen-bond donors (Lipinski definition) is 0. The molecule has 1 fully saturated rings. The van der Waals surface area contributed by atoms with Crippen LogP contribution in [0.15, 0.2) is 36.4 Å². The molecule has 8 heteroatoms. The zero-order valence-corrected chi connectivity index (χ0v) is 20.1. The third-order valence-corrected chi connectivity index (χ3v) is 7.57. The molecule has 1 saturated heterocycles. The molecule has 32 heavy (non-hydrogen) atoms. The molecule has 1 aliphatic rings. The van der Waals surface area contributed by atoms with Gasteiger partial charge in [0.2, 0.25) is 5.75 Å². The molecule has 1 heterocycles. The van der Waals surface area contributed by atoms with E-state index in [0.717, 1.165) is 5.56 Å². The van der Waals surface area contributed by atoms with Crippen molar-refractivity contribution in [3.8, 4) is 17.2 Å². The molecule has 0 aliphatic carbocycles. The van der Waals surface area contributed by atoms with E-state index in [4.69, 9.17) is 14.2 Å². The van der Waals surface area contributed by atoms with Gasteiger partial charge in [-0.1, -0.05) is 38.1 Å². The lowest BCUT2D eigenvalue weighted by Gasteiger charge is -2.29. The zero-order valence-electron chi connectivity index (χ0n) is 19.3. The lowest BCUT2D eigenvalue weighted by molar-refractivity contribution is 0.0680. The Kier molecular flexibility index (Phi) is 7.33. The number of carbonyl (C=O) groups is 1. The van der Waals surface area contributed by atoms with Gasteiger partial charge in [0.15, 0.2) is 21.3 Å². The van der Waals surface area contributed by atoms with E-state index in [9.17, 15) is 13.2 Å². The molecule has 3 rings (SSSR count). The molecule has 1 atom stereocenters. The molecule has 0 N–H and O–H groups in total. The second-order valence-electron chi connectivity index (χ2n) is 8.30. The van der Waals surface area contributed by atoms with Crippen LogP contribution in [0.3, 0.4) is 0 Å². The van der Waals surface area contributed by atoms with Crippen molar-refractivity contribution in [1.82, 2.24) is 4.90 Å². The summed E-state index contributed by atoms with van der Waals surface area (Å²) in [6.45, 7) is 4.56. The fraction of sp³-hybridized carbons (Fsp3) is 0.458. The third kappa shape index (κ3) is 5.18. The maximum atomic E-state index is 13.6. The van der Waals surface area contributed by atoms with Crippen LogP contribution in [0.25, 0.3) is 0 Å². The van der Waals surface area contributed by atoms with Gasteiger partial charge in [-0.2, -0.15) is 0 Å². The van der Waals surface area contributed by atoms with E-state index in [2.05, 4.69) is 13.8 Å². The van der Waals surface area contributed by atoms with Gasteiger partial charge in [-0.15, -0.1) is 0 Å². The summed E-state index contributed by atoms with van der Waals surface area (Å²) in [6, 6.07) is 10.9. The summed E-state index contributed by atoms with van der Waals surface area (Å²) in [6.07, 6.45) is 0.419. The second kappa shape index (κ2) is 9.81. The van der Waals surface area contributed by atoms with E-state index in [1.54, 1.807) is 17.0 Å². The number of sulfone groups is 1. The normalized spacial score (nSPS) is 17.2. The third-order valence-electron chi connectivity index (χ3n) is 5.82. The molecule has 2 aromatic rings. The first kappa shape index (κ1) is 23.9. The molecule has 0 spiro atoms. The largest absolute Gasteiger partial charge is 0.493 e. The van der Waals surface area contributed by atoms with Crippen LogP contribution in [0.4, 0.5) is 0 Å². The Morgan fingerprint density at radius 1 is 1.03 bits per heavy atom. The molecule has 0 unspecified atom stereocenters. The van der Waals surface area contributed by atoms with E-state index in [-0.39, 0.29) is 17.4 Å². The Bertz CT molecular complexity index is 1040. The van der Waals surface area contributed by atoms with Crippen molar-refractivity contribution in [2.24, 2.45) is 0 Å². The van der Waals surface area contributed by atoms with Crippen molar-refractivity contribution in [3.63, 3.8) is 0 Å². The number of carbonyl (C=O) groups excluding carboxylic acids is 1. The molecule has 174 valence electrons. The van der Waals surface area contributed by atoms with Gasteiger partial charge < -0.3 is 19.1 Å². The van der Waals surface area contributed by atoms with E-state index in [1.807, 2.05) is 24.3 Å². The van der Waals surface area contributed by atoms with Gasteiger partial charge in [-0.25, -0.2) is 8.42 Å². The van der Waals surface area contributed by atoms with Crippen LogP contribution in [0.1, 0.15) is 47.7 Å². The molecule has 1 amide bonds. The standard InChI is InChI=1S/C24H31NO6S/c1-16(2)18-8-6-17(7-9-18)14-25(20-10-11-32(27,28)15-20)24(26)19-12-21(29-3)23(31-5)22(13-19)30-4/h6-9,12-13,16,20H,10-11,14-15H2,1-5H3/t20-/m0/s1. The van der Waals surface area contributed by atoms with Gasteiger partial charge in [0.05, 0.1) is 32.8 Å². The van der Waals surface area contributed by atoms with Crippen LogP contribution in [0, 0.1) is 0 Å². The van der Waals surface area contributed by atoms with Gasteiger partial charge in [0.25, 0.3) is 5.91 Å². The summed E-state index contributed by atoms with van der Waals surface area (Å²) < 4.78 is 40.5. The van der Waals surface area contributed by atoms with Gasteiger partial charge in [0.1, 0.15) is 0 Å². The fourth-order valence-electron chi connectivity index (χ4n) is 3.96. The average molecular weight is 462 g/mol. The minimum absolute atomic E-state index is 0.0345. The molecule has 7 nitrogen and oxygen atoms in total. The average Bonchev–Trinajstić information content (AvgIpc) is 3.15. The summed E-state index contributed by atoms with van der Waals surface area (Å²) in [5.41, 5.74) is 2.50. The number of benzene rings is 2. The summed E-state index contributed by atoms with van der Waals surface area (Å²) in [5, 5.41) is 0.